The molecule has 4 rings (SSSR count). The zero-order chi connectivity index (χ0) is 17.6. The van der Waals surface area contributed by atoms with Crippen LogP contribution in [0.5, 0.6) is 5.75 Å². The minimum Gasteiger partial charge on any atom is -0.494 e. The molecular weight excluding hydrogens is 323 g/mol. The molecule has 1 aromatic carbocycles. The number of carbonyl (C=O) groups excluding carboxylic acids is 1. The molecule has 6 nitrogen and oxygen atoms in total. The van der Waals surface area contributed by atoms with Crippen molar-refractivity contribution < 1.29 is 13.9 Å². The Balaban J connectivity index is 1.49. The number of hydrogen-bond donors (Lipinski definition) is 0. The molecule has 0 spiro atoms. The lowest BCUT2D eigenvalue weighted by atomic mass is 10.1. The number of carbonyl (C=O) groups is 1. The second-order valence-electron chi connectivity index (χ2n) is 6.73. The van der Waals surface area contributed by atoms with Crippen LogP contribution in [0.15, 0.2) is 18.2 Å². The molecule has 7 heteroatoms. The highest BCUT2D eigenvalue weighted by atomic mass is 19.1. The molecule has 0 unspecified atom stereocenters. The number of amides is 1. The average Bonchev–Trinajstić information content (AvgIpc) is 3.34. The molecule has 2 heterocycles. The normalized spacial score (nSPS) is 19.6. The lowest BCUT2D eigenvalue weighted by Crippen LogP contribution is -2.42. The smallest absolute Gasteiger partial charge is 0.227 e. The predicted octanol–water partition coefficient (Wildman–Crippen LogP) is 2.45. The summed E-state index contributed by atoms with van der Waals surface area (Å²) in [4.78, 5) is 19.2. The fraction of sp³-hybridized carbons (Fsp3) is 0.500. The van der Waals surface area contributed by atoms with Crippen LogP contribution < -0.4 is 4.74 Å². The van der Waals surface area contributed by atoms with Crippen LogP contribution in [0.4, 0.5) is 4.39 Å². The summed E-state index contributed by atoms with van der Waals surface area (Å²) >= 11 is 0. The third-order valence-electron chi connectivity index (χ3n) is 4.95. The van der Waals surface area contributed by atoms with E-state index in [1.807, 2.05) is 16.5 Å². The molecule has 1 amide bonds. The molecule has 1 aliphatic heterocycles. The van der Waals surface area contributed by atoms with E-state index < -0.39 is 5.82 Å². The Morgan fingerprint density at radius 1 is 1.36 bits per heavy atom. The van der Waals surface area contributed by atoms with E-state index in [2.05, 4.69) is 10.1 Å². The Labute approximate surface area is 145 Å². The van der Waals surface area contributed by atoms with Crippen LogP contribution >= 0.6 is 0 Å². The number of benzene rings is 1. The van der Waals surface area contributed by atoms with Gasteiger partial charge >= 0.3 is 0 Å². The van der Waals surface area contributed by atoms with E-state index in [-0.39, 0.29) is 24.1 Å². The van der Waals surface area contributed by atoms with E-state index in [1.54, 1.807) is 12.1 Å². The number of methoxy groups -OCH3 is 1. The van der Waals surface area contributed by atoms with E-state index in [0.29, 0.717) is 24.6 Å². The van der Waals surface area contributed by atoms with Crippen LogP contribution in [-0.2, 0) is 17.8 Å². The van der Waals surface area contributed by atoms with Gasteiger partial charge in [-0.1, -0.05) is 6.07 Å². The zero-order valence-electron chi connectivity index (χ0n) is 14.4. The minimum atomic E-state index is -0.451. The molecule has 1 aliphatic carbocycles. The number of ether oxygens (including phenoxy) is 1. The van der Waals surface area contributed by atoms with E-state index in [4.69, 9.17) is 4.74 Å². The van der Waals surface area contributed by atoms with Crippen molar-refractivity contribution in [2.75, 3.05) is 13.7 Å². The number of hydrogen-bond acceptors (Lipinski definition) is 4. The lowest BCUT2D eigenvalue weighted by molar-refractivity contribution is -0.133. The van der Waals surface area contributed by atoms with Gasteiger partial charge in [0.25, 0.3) is 0 Å². The first kappa shape index (κ1) is 16.1. The van der Waals surface area contributed by atoms with Gasteiger partial charge in [-0.25, -0.2) is 14.1 Å². The number of rotatable bonds is 4. The van der Waals surface area contributed by atoms with Crippen LogP contribution in [0.3, 0.4) is 0 Å². The Morgan fingerprint density at radius 3 is 2.84 bits per heavy atom. The van der Waals surface area contributed by atoms with Crippen molar-refractivity contribution in [3.63, 3.8) is 0 Å². The van der Waals surface area contributed by atoms with Crippen LogP contribution in [0.1, 0.15) is 48.9 Å². The topological polar surface area (TPSA) is 60.2 Å². The summed E-state index contributed by atoms with van der Waals surface area (Å²) in [5.74, 6) is 1.96. The molecule has 0 N–H and O–H groups in total. The first-order valence-corrected chi connectivity index (χ1v) is 8.63. The highest BCUT2D eigenvalue weighted by molar-refractivity contribution is 5.79. The van der Waals surface area contributed by atoms with Crippen LogP contribution in [0, 0.1) is 5.82 Å². The van der Waals surface area contributed by atoms with Crippen LogP contribution in [0.2, 0.25) is 0 Å². The number of fused-ring (bicyclic) bond motifs is 1. The predicted molar refractivity (Wildman–Crippen MR) is 88.8 cm³/mol. The van der Waals surface area contributed by atoms with Gasteiger partial charge in [0.2, 0.25) is 5.91 Å². The summed E-state index contributed by atoms with van der Waals surface area (Å²) in [6, 6.07) is 4.52. The third-order valence-corrected chi connectivity index (χ3v) is 4.95. The molecule has 2 aliphatic rings. The van der Waals surface area contributed by atoms with Crippen molar-refractivity contribution in [3.8, 4) is 5.75 Å². The highest BCUT2D eigenvalue weighted by Crippen LogP contribution is 2.39. The van der Waals surface area contributed by atoms with Gasteiger partial charge in [-0.15, -0.1) is 0 Å². The molecule has 2 aromatic rings. The van der Waals surface area contributed by atoms with Crippen molar-refractivity contribution in [1.82, 2.24) is 19.7 Å². The Kier molecular flexibility index (Phi) is 3.94. The third kappa shape index (κ3) is 2.99. The summed E-state index contributed by atoms with van der Waals surface area (Å²) in [6.45, 7) is 3.23. The van der Waals surface area contributed by atoms with Crippen molar-refractivity contribution in [2.45, 2.75) is 44.7 Å². The fourth-order valence-corrected chi connectivity index (χ4v) is 3.33. The van der Waals surface area contributed by atoms with Gasteiger partial charge in [-0.2, -0.15) is 5.10 Å². The average molecular weight is 344 g/mol. The molecule has 0 radical (unpaired) electrons. The molecule has 0 bridgehead atoms. The van der Waals surface area contributed by atoms with E-state index in [0.717, 1.165) is 24.5 Å². The van der Waals surface area contributed by atoms with Crippen molar-refractivity contribution >= 4 is 5.91 Å². The molecule has 1 atom stereocenters. The first-order valence-electron chi connectivity index (χ1n) is 8.63. The van der Waals surface area contributed by atoms with Gasteiger partial charge in [0.15, 0.2) is 17.4 Å². The van der Waals surface area contributed by atoms with Gasteiger partial charge in [-0.05, 0) is 37.5 Å². The molecule has 1 aromatic heterocycles. The Hall–Kier alpha value is -2.44. The molecule has 0 saturated heterocycles. The maximum Gasteiger partial charge on any atom is 0.227 e. The van der Waals surface area contributed by atoms with E-state index >= 15 is 0 Å². The fourth-order valence-electron chi connectivity index (χ4n) is 3.33. The quantitative estimate of drug-likeness (QED) is 0.855. The van der Waals surface area contributed by atoms with Crippen molar-refractivity contribution in [1.29, 1.82) is 0 Å². The van der Waals surface area contributed by atoms with Gasteiger partial charge < -0.3 is 9.64 Å². The Morgan fingerprint density at radius 2 is 2.16 bits per heavy atom. The maximum absolute atomic E-state index is 13.8. The maximum atomic E-state index is 13.8. The number of aromatic nitrogens is 3. The minimum absolute atomic E-state index is 0.0284. The largest absolute Gasteiger partial charge is 0.494 e. The first-order chi connectivity index (χ1) is 12.1. The summed E-state index contributed by atoms with van der Waals surface area (Å²) < 4.78 is 20.7. The molecular formula is C18H21FN4O2. The summed E-state index contributed by atoms with van der Waals surface area (Å²) in [7, 11) is 1.42. The standard InChI is InChI=1S/C18H21FN4O2/c1-11-18-20-17(13-4-5-13)21-23(18)8-7-22(11)16(24)10-12-3-6-15(25-2)14(19)9-12/h3,6,9,11,13H,4-5,7-8,10H2,1-2H3/t11-/m1/s1. The molecule has 1 saturated carbocycles. The SMILES string of the molecule is COc1ccc(CC(=O)N2CCn3nc(C4CC4)nc3[C@H]2C)cc1F. The van der Waals surface area contributed by atoms with Crippen LogP contribution in [-0.4, -0.2) is 39.2 Å². The van der Waals surface area contributed by atoms with Crippen molar-refractivity contribution in [2.24, 2.45) is 0 Å². The van der Waals surface area contributed by atoms with Gasteiger partial charge in [0.05, 0.1) is 26.1 Å². The summed E-state index contributed by atoms with van der Waals surface area (Å²) in [5.41, 5.74) is 0.640. The zero-order valence-corrected chi connectivity index (χ0v) is 14.4. The van der Waals surface area contributed by atoms with Gasteiger partial charge in [-0.3, -0.25) is 4.79 Å². The monoisotopic (exact) mass is 344 g/mol. The van der Waals surface area contributed by atoms with E-state index in [1.165, 1.54) is 13.2 Å². The summed E-state index contributed by atoms with van der Waals surface area (Å²) in [5, 5.41) is 4.58. The second kappa shape index (κ2) is 6.13. The molecule has 1 fully saturated rings. The highest BCUT2D eigenvalue weighted by Gasteiger charge is 2.34. The number of halogens is 1. The molecule has 132 valence electrons. The van der Waals surface area contributed by atoms with Crippen molar-refractivity contribution in [3.05, 3.63) is 41.2 Å². The van der Waals surface area contributed by atoms with Crippen LogP contribution in [0.25, 0.3) is 0 Å². The second-order valence-corrected chi connectivity index (χ2v) is 6.73. The van der Waals surface area contributed by atoms with Gasteiger partial charge in [0, 0.05) is 12.5 Å². The lowest BCUT2D eigenvalue weighted by Gasteiger charge is -2.33. The van der Waals surface area contributed by atoms with Gasteiger partial charge in [0.1, 0.15) is 5.82 Å². The molecule has 25 heavy (non-hydrogen) atoms. The summed E-state index contributed by atoms with van der Waals surface area (Å²) in [6.07, 6.45) is 2.47. The Bertz CT molecular complexity index is 815. The van der Waals surface area contributed by atoms with E-state index in [9.17, 15) is 9.18 Å². The number of nitrogens with zero attached hydrogens (tertiary/aromatic N) is 4.